The van der Waals surface area contributed by atoms with E-state index < -0.39 is 0 Å². The first-order valence-electron chi connectivity index (χ1n) is 8.81. The van der Waals surface area contributed by atoms with Crippen molar-refractivity contribution in [2.75, 3.05) is 33.2 Å². The Morgan fingerprint density at radius 2 is 2.00 bits per heavy atom. The third-order valence-electron chi connectivity index (χ3n) is 4.04. The molecule has 0 aliphatic heterocycles. The Morgan fingerprint density at radius 3 is 2.52 bits per heavy atom. The largest absolute Gasteiger partial charge is 0.469 e. The summed E-state index contributed by atoms with van der Waals surface area (Å²) >= 11 is 0. The number of likely N-dealkylation sites (N-methyl/N-ethyl adjacent to an activating group) is 1. The lowest BCUT2D eigenvalue weighted by Crippen LogP contribution is -2.48. The molecule has 0 aliphatic carbocycles. The van der Waals surface area contributed by atoms with Crippen LogP contribution < -0.4 is 10.6 Å². The summed E-state index contributed by atoms with van der Waals surface area (Å²) in [7, 11) is 1.82. The summed E-state index contributed by atoms with van der Waals surface area (Å²) < 4.78 is 5.34. The van der Waals surface area contributed by atoms with Crippen LogP contribution in [0.1, 0.15) is 39.9 Å². The number of nitrogens with one attached hydrogen (secondary N) is 2. The monoisotopic (exact) mass is 322 g/mol. The number of hydrogen-bond acceptors (Lipinski definition) is 3. The lowest BCUT2D eigenvalue weighted by Gasteiger charge is -2.31. The van der Waals surface area contributed by atoms with Gasteiger partial charge in [-0.15, -0.1) is 0 Å². The van der Waals surface area contributed by atoms with Gasteiger partial charge < -0.3 is 15.1 Å². The molecular weight excluding hydrogens is 288 g/mol. The lowest BCUT2D eigenvalue weighted by molar-refractivity contribution is 0.191. The summed E-state index contributed by atoms with van der Waals surface area (Å²) in [6, 6.07) is 4.45. The van der Waals surface area contributed by atoms with Gasteiger partial charge in [0.1, 0.15) is 5.76 Å². The number of hydrogen-bond donors (Lipinski definition) is 2. The fraction of sp³-hybridized carbons (Fsp3) is 0.722. The fourth-order valence-corrected chi connectivity index (χ4v) is 2.84. The molecule has 0 aromatic carbocycles. The second-order valence-corrected chi connectivity index (χ2v) is 6.21. The minimum Gasteiger partial charge on any atom is -0.469 e. The first-order valence-corrected chi connectivity index (χ1v) is 8.81. The highest BCUT2D eigenvalue weighted by Gasteiger charge is 2.17. The highest BCUT2D eigenvalue weighted by atomic mass is 16.3. The molecule has 5 heteroatoms. The minimum atomic E-state index is 0.536. The van der Waals surface area contributed by atoms with Crippen LogP contribution in [0.5, 0.6) is 0 Å². The van der Waals surface area contributed by atoms with Crippen molar-refractivity contribution < 1.29 is 4.42 Å². The van der Waals surface area contributed by atoms with Gasteiger partial charge in [-0.2, -0.15) is 0 Å². The van der Waals surface area contributed by atoms with E-state index >= 15 is 0 Å². The summed E-state index contributed by atoms with van der Waals surface area (Å²) in [5.41, 5.74) is 0. The summed E-state index contributed by atoms with van der Waals surface area (Å²) in [6.45, 7) is 12.9. The van der Waals surface area contributed by atoms with Crippen LogP contribution in [0.4, 0.5) is 0 Å². The molecule has 5 nitrogen and oxygen atoms in total. The predicted octanol–water partition coefficient (Wildman–Crippen LogP) is 2.74. The highest BCUT2D eigenvalue weighted by molar-refractivity contribution is 5.79. The van der Waals surface area contributed by atoms with Gasteiger partial charge in [0.2, 0.25) is 0 Å². The zero-order valence-electron chi connectivity index (χ0n) is 15.4. The van der Waals surface area contributed by atoms with Crippen molar-refractivity contribution in [1.82, 2.24) is 15.5 Å². The van der Waals surface area contributed by atoms with E-state index in [1.54, 1.807) is 6.26 Å². The molecule has 0 amide bonds. The van der Waals surface area contributed by atoms with E-state index in [9.17, 15) is 0 Å². The summed E-state index contributed by atoms with van der Waals surface area (Å²) in [4.78, 5) is 6.83. The molecular formula is C18H34N4O. The summed E-state index contributed by atoms with van der Waals surface area (Å²) in [6.07, 6.45) is 3.76. The van der Waals surface area contributed by atoms with E-state index in [1.165, 1.54) is 6.42 Å². The van der Waals surface area contributed by atoms with Crippen LogP contribution >= 0.6 is 0 Å². The average molecular weight is 322 g/mol. The third kappa shape index (κ3) is 7.55. The molecule has 23 heavy (non-hydrogen) atoms. The van der Waals surface area contributed by atoms with Gasteiger partial charge in [-0.3, -0.25) is 9.89 Å². The molecule has 0 saturated heterocycles. The van der Waals surface area contributed by atoms with Gasteiger partial charge >= 0.3 is 0 Å². The number of rotatable bonds is 10. The van der Waals surface area contributed by atoms with Crippen molar-refractivity contribution in [3.63, 3.8) is 0 Å². The molecule has 1 unspecified atom stereocenters. The van der Waals surface area contributed by atoms with Crippen molar-refractivity contribution in [2.45, 2.75) is 46.6 Å². The second-order valence-electron chi connectivity index (χ2n) is 6.21. The van der Waals surface area contributed by atoms with E-state index in [0.717, 1.165) is 44.3 Å². The molecule has 132 valence electrons. The van der Waals surface area contributed by atoms with Gasteiger partial charge in [-0.25, -0.2) is 0 Å². The predicted molar refractivity (Wildman–Crippen MR) is 97.9 cm³/mol. The molecule has 0 aliphatic rings. The van der Waals surface area contributed by atoms with E-state index in [2.05, 4.69) is 48.2 Å². The number of nitrogens with zero attached hydrogens (tertiary/aromatic N) is 2. The zero-order chi connectivity index (χ0) is 17.1. The molecule has 1 rings (SSSR count). The Kier molecular flexibility index (Phi) is 9.45. The summed E-state index contributed by atoms with van der Waals surface area (Å²) in [5.74, 6) is 2.54. The molecule has 0 saturated carbocycles. The Morgan fingerprint density at radius 1 is 1.26 bits per heavy atom. The number of furan rings is 1. The number of aliphatic imine (C=N–C) groups is 1. The van der Waals surface area contributed by atoms with Crippen LogP contribution in [0.25, 0.3) is 0 Å². The highest BCUT2D eigenvalue weighted by Crippen LogP contribution is 2.10. The van der Waals surface area contributed by atoms with Gasteiger partial charge in [-0.1, -0.05) is 27.7 Å². The van der Waals surface area contributed by atoms with Crippen molar-refractivity contribution in [2.24, 2.45) is 10.9 Å². The quantitative estimate of drug-likeness (QED) is 0.514. The van der Waals surface area contributed by atoms with Crippen LogP contribution in [-0.2, 0) is 6.42 Å². The van der Waals surface area contributed by atoms with Crippen LogP contribution in [0.15, 0.2) is 27.8 Å². The van der Waals surface area contributed by atoms with Gasteiger partial charge in [0.05, 0.1) is 6.26 Å². The normalized spacial score (nSPS) is 13.6. The Balaban J connectivity index is 2.42. The molecule has 0 radical (unpaired) electrons. The summed E-state index contributed by atoms with van der Waals surface area (Å²) in [5, 5.41) is 6.82. The maximum atomic E-state index is 5.34. The van der Waals surface area contributed by atoms with Crippen molar-refractivity contribution in [3.05, 3.63) is 24.2 Å². The van der Waals surface area contributed by atoms with Crippen LogP contribution in [0.3, 0.4) is 0 Å². The smallest absolute Gasteiger partial charge is 0.191 e. The van der Waals surface area contributed by atoms with E-state index in [-0.39, 0.29) is 0 Å². The van der Waals surface area contributed by atoms with E-state index in [1.807, 2.05) is 19.2 Å². The van der Waals surface area contributed by atoms with Gasteiger partial charge in [0.15, 0.2) is 5.96 Å². The van der Waals surface area contributed by atoms with Gasteiger partial charge in [0.25, 0.3) is 0 Å². The van der Waals surface area contributed by atoms with Crippen molar-refractivity contribution in [1.29, 1.82) is 0 Å². The Bertz CT molecular complexity index is 424. The standard InChI is InChI=1S/C18H34N4O/c1-6-22(7-2)16(13-15(3)4)14-21-18(19-5)20-11-10-17-9-8-12-23-17/h8-9,12,15-16H,6-7,10-11,13-14H2,1-5H3,(H2,19,20,21). The van der Waals surface area contributed by atoms with E-state index in [0.29, 0.717) is 12.0 Å². The molecule has 1 atom stereocenters. The van der Waals surface area contributed by atoms with Crippen LogP contribution in [0.2, 0.25) is 0 Å². The van der Waals surface area contributed by atoms with Crippen LogP contribution in [-0.4, -0.2) is 50.1 Å². The van der Waals surface area contributed by atoms with Gasteiger partial charge in [-0.05, 0) is 37.6 Å². The van der Waals surface area contributed by atoms with Crippen molar-refractivity contribution >= 4 is 5.96 Å². The molecule has 1 aromatic rings. The average Bonchev–Trinajstić information content (AvgIpc) is 3.04. The first-order chi connectivity index (χ1) is 11.1. The van der Waals surface area contributed by atoms with E-state index in [4.69, 9.17) is 4.42 Å². The first kappa shape index (κ1) is 19.6. The zero-order valence-corrected chi connectivity index (χ0v) is 15.4. The van der Waals surface area contributed by atoms with Crippen molar-refractivity contribution in [3.8, 4) is 0 Å². The molecule has 0 bridgehead atoms. The Labute approximate surface area is 141 Å². The lowest BCUT2D eigenvalue weighted by atomic mass is 10.0. The maximum absolute atomic E-state index is 5.34. The minimum absolute atomic E-state index is 0.536. The molecule has 0 fully saturated rings. The SMILES string of the molecule is CCN(CC)C(CNC(=NC)NCCc1ccco1)CC(C)C. The maximum Gasteiger partial charge on any atom is 0.191 e. The van der Waals surface area contributed by atoms with Gasteiger partial charge in [0, 0.05) is 32.6 Å². The Hall–Kier alpha value is -1.49. The van der Waals surface area contributed by atoms with Crippen LogP contribution in [0, 0.1) is 5.92 Å². The molecule has 0 spiro atoms. The molecule has 1 aromatic heterocycles. The fourth-order valence-electron chi connectivity index (χ4n) is 2.84. The molecule has 2 N–H and O–H groups in total. The third-order valence-corrected chi connectivity index (χ3v) is 4.04. The second kappa shape index (κ2) is 11.1. The number of guanidine groups is 1. The topological polar surface area (TPSA) is 52.8 Å². The molecule has 1 heterocycles.